The second-order valence-corrected chi connectivity index (χ2v) is 3.18. The second kappa shape index (κ2) is 5.03. The van der Waals surface area contributed by atoms with Gasteiger partial charge in [-0.2, -0.15) is 18.8 Å². The van der Waals surface area contributed by atoms with E-state index in [9.17, 15) is 4.79 Å². The van der Waals surface area contributed by atoms with Crippen molar-refractivity contribution in [3.05, 3.63) is 28.9 Å². The predicted molar refractivity (Wildman–Crippen MR) is 35.1 cm³/mol. The maximum Gasteiger partial charge on any atom is 0.497 e. The molecule has 14 heavy (non-hydrogen) atoms. The zero-order chi connectivity index (χ0) is 11.4. The molecule has 0 aromatic carbocycles. The van der Waals surface area contributed by atoms with Gasteiger partial charge in [0, 0.05) is 6.07 Å². The summed E-state index contributed by atoms with van der Waals surface area (Å²) in [4.78, 5) is 10.9. The molecule has 1 aromatic heterocycles. The number of halogens is 1. The molecular formula is C6H10ClN2O5+. The van der Waals surface area contributed by atoms with Crippen LogP contribution in [-0.2, 0) is 14.1 Å². The van der Waals surface area contributed by atoms with Crippen LogP contribution in [0.25, 0.3) is 0 Å². The molecule has 1 N–H and O–H groups in total. The van der Waals surface area contributed by atoms with Gasteiger partial charge in [0.2, 0.25) is 0 Å². The molecule has 0 bridgehead atoms. The summed E-state index contributed by atoms with van der Waals surface area (Å²) < 4.78 is 35.8. The van der Waals surface area contributed by atoms with Crippen LogP contribution in [0.3, 0.4) is 0 Å². The minimum Gasteiger partial charge on any atom is -0.201 e. The molecule has 0 spiro atoms. The fourth-order valence-electron chi connectivity index (χ4n) is 0.673. The van der Waals surface area contributed by atoms with Crippen LogP contribution in [0.4, 0.5) is 0 Å². The molecule has 0 radical (unpaired) electrons. The van der Waals surface area contributed by atoms with Crippen LogP contribution in [0.1, 0.15) is 0 Å². The van der Waals surface area contributed by atoms with Crippen LogP contribution >= 0.6 is 0 Å². The average molecular weight is 226 g/mol. The largest absolute Gasteiger partial charge is 0.497 e. The summed E-state index contributed by atoms with van der Waals surface area (Å²) >= 11 is 0. The minimum atomic E-state index is -4.69. The van der Waals surface area contributed by atoms with Crippen LogP contribution in [0, 0.1) is 10.2 Å². The van der Waals surface area contributed by atoms with E-state index in [0.717, 1.165) is 0 Å². The number of hydrogen-bond donors (Lipinski definition) is 1. The van der Waals surface area contributed by atoms with Crippen LogP contribution in [0.15, 0.2) is 23.3 Å². The SMILES string of the molecule is Cn1ccc[n+](C)c1=O.[O-][Cl+3]([O-])([O-])O. The lowest BCUT2D eigenvalue weighted by molar-refractivity contribution is -1.92. The van der Waals surface area contributed by atoms with E-state index in [0.29, 0.717) is 0 Å². The highest BCUT2D eigenvalue weighted by Gasteiger charge is 1.99. The van der Waals surface area contributed by atoms with Gasteiger partial charge >= 0.3 is 5.69 Å². The van der Waals surface area contributed by atoms with Crippen LogP contribution in [0.5, 0.6) is 0 Å². The van der Waals surface area contributed by atoms with Gasteiger partial charge < -0.3 is 0 Å². The van der Waals surface area contributed by atoms with Crippen LogP contribution in [0.2, 0.25) is 0 Å². The van der Waals surface area contributed by atoms with Crippen molar-refractivity contribution in [1.29, 1.82) is 0 Å². The van der Waals surface area contributed by atoms with Gasteiger partial charge in [-0.05, 0) is 0 Å². The highest BCUT2D eigenvalue weighted by molar-refractivity contribution is 4.72. The Kier molecular flexibility index (Phi) is 4.68. The molecular weight excluding hydrogens is 216 g/mol. The molecule has 1 aromatic rings. The zero-order valence-corrected chi connectivity index (χ0v) is 8.34. The molecule has 0 unspecified atom stereocenters. The quantitative estimate of drug-likeness (QED) is 0.444. The van der Waals surface area contributed by atoms with E-state index in [1.165, 1.54) is 9.13 Å². The number of hydrogen-bond acceptors (Lipinski definition) is 5. The molecule has 80 valence electrons. The first-order valence-corrected chi connectivity index (χ1v) is 4.62. The standard InChI is InChI=1S/C6H9N2O.ClHO4/c1-7-4-3-5-8(2)6(7)9;2-1(3,4)5/h3-5H,1-2H3;(H,2,3,4,5)/q+1;. The molecule has 0 aliphatic heterocycles. The van der Waals surface area contributed by atoms with Gasteiger partial charge in [0.1, 0.15) is 0 Å². The molecule has 0 aliphatic carbocycles. The Bertz CT molecular complexity index is 316. The Hall–Kier alpha value is -0.990. The topological polar surface area (TPSA) is 115 Å². The maximum absolute atomic E-state index is 10.9. The lowest BCUT2D eigenvalue weighted by Gasteiger charge is -2.03. The number of rotatable bonds is 0. The van der Waals surface area contributed by atoms with E-state index < -0.39 is 10.2 Å². The van der Waals surface area contributed by atoms with Gasteiger partial charge in [0.15, 0.2) is 0 Å². The van der Waals surface area contributed by atoms with Crippen molar-refractivity contribution in [2.24, 2.45) is 14.1 Å². The Morgan fingerprint density at radius 2 is 1.93 bits per heavy atom. The Morgan fingerprint density at radius 3 is 2.21 bits per heavy atom. The third kappa shape index (κ3) is 6.52. The normalized spacial score (nSPS) is 10.4. The van der Waals surface area contributed by atoms with Gasteiger partial charge in [-0.15, -0.1) is 0 Å². The first kappa shape index (κ1) is 13.0. The monoisotopic (exact) mass is 225 g/mol. The minimum absolute atomic E-state index is 0.00231. The van der Waals surface area contributed by atoms with E-state index in [1.54, 1.807) is 26.5 Å². The molecule has 1 rings (SSSR count). The fourth-order valence-corrected chi connectivity index (χ4v) is 0.673. The molecule has 1 heterocycles. The predicted octanol–water partition coefficient (Wildman–Crippen LogP) is -4.91. The van der Waals surface area contributed by atoms with Crippen molar-refractivity contribution in [2.75, 3.05) is 0 Å². The summed E-state index contributed by atoms with van der Waals surface area (Å²) in [5.41, 5.74) is -0.00231. The zero-order valence-electron chi connectivity index (χ0n) is 7.58. The van der Waals surface area contributed by atoms with E-state index in [-0.39, 0.29) is 5.69 Å². The highest BCUT2D eigenvalue weighted by Crippen LogP contribution is 1.66. The summed E-state index contributed by atoms with van der Waals surface area (Å²) in [6.45, 7) is 0. The van der Waals surface area contributed by atoms with Crippen LogP contribution < -0.4 is 24.2 Å². The van der Waals surface area contributed by atoms with Gasteiger partial charge in [-0.1, -0.05) is 0 Å². The van der Waals surface area contributed by atoms with Gasteiger partial charge in [-0.3, -0.25) is 0 Å². The fraction of sp³-hybridized carbons (Fsp3) is 0.333. The van der Waals surface area contributed by atoms with Crippen molar-refractivity contribution in [2.45, 2.75) is 0 Å². The maximum atomic E-state index is 10.9. The Morgan fingerprint density at radius 1 is 1.50 bits per heavy atom. The highest BCUT2D eigenvalue weighted by atomic mass is 35.7. The van der Waals surface area contributed by atoms with Gasteiger partial charge in [0.05, 0.1) is 41.4 Å². The molecule has 7 nitrogen and oxygen atoms in total. The van der Waals surface area contributed by atoms with Crippen LogP contribution in [-0.4, -0.2) is 9.23 Å². The molecule has 0 aliphatic rings. The van der Waals surface area contributed by atoms with Gasteiger partial charge in [-0.25, -0.2) is 9.13 Å². The average Bonchev–Trinajstić information content (AvgIpc) is 1.97. The second-order valence-electron chi connectivity index (χ2n) is 2.39. The van der Waals surface area contributed by atoms with E-state index in [1.807, 2.05) is 6.07 Å². The Labute approximate surface area is 81.8 Å². The molecule has 0 saturated carbocycles. The summed E-state index contributed by atoms with van der Waals surface area (Å²) in [5.74, 6) is 0. The van der Waals surface area contributed by atoms with Crippen molar-refractivity contribution in [3.63, 3.8) is 0 Å². The smallest absolute Gasteiger partial charge is 0.201 e. The first-order valence-electron chi connectivity index (χ1n) is 3.36. The first-order chi connectivity index (χ1) is 6.22. The molecule has 0 fully saturated rings. The van der Waals surface area contributed by atoms with Crippen molar-refractivity contribution >= 4 is 0 Å². The summed E-state index contributed by atoms with van der Waals surface area (Å²) in [6, 6.07) is 1.82. The molecule has 0 amide bonds. The number of aryl methyl sites for hydroxylation is 2. The van der Waals surface area contributed by atoms with E-state index >= 15 is 0 Å². The third-order valence-electron chi connectivity index (χ3n) is 1.22. The molecule has 0 atom stereocenters. The van der Waals surface area contributed by atoms with Crippen molar-refractivity contribution < 1.29 is 33.4 Å². The lowest BCUT2D eigenvalue weighted by Crippen LogP contribution is -2.58. The van der Waals surface area contributed by atoms with Crippen molar-refractivity contribution in [3.8, 4) is 0 Å². The van der Waals surface area contributed by atoms with E-state index in [2.05, 4.69) is 0 Å². The molecule has 8 heteroatoms. The molecule has 0 saturated heterocycles. The third-order valence-corrected chi connectivity index (χ3v) is 1.22. The summed E-state index contributed by atoms with van der Waals surface area (Å²) in [5, 5.41) is 0. The Balaban J connectivity index is 0.000000292. The lowest BCUT2D eigenvalue weighted by atomic mass is 10.6. The van der Waals surface area contributed by atoms with Crippen molar-refractivity contribution in [1.82, 2.24) is 4.57 Å². The number of nitrogens with zero attached hydrogens (tertiary/aromatic N) is 2. The summed E-state index contributed by atoms with van der Waals surface area (Å²) in [6.07, 6.45) is 3.45. The van der Waals surface area contributed by atoms with E-state index in [4.69, 9.17) is 18.6 Å². The number of aromatic nitrogens is 2. The van der Waals surface area contributed by atoms with Gasteiger partial charge in [0.25, 0.3) is 0 Å². The summed E-state index contributed by atoms with van der Waals surface area (Å²) in [7, 11) is -1.25.